The van der Waals surface area contributed by atoms with E-state index in [2.05, 4.69) is 49.5 Å². The fourth-order valence-corrected chi connectivity index (χ4v) is 9.57. The third kappa shape index (κ3) is 14.1. The lowest BCUT2D eigenvalue weighted by Crippen LogP contribution is -2.48. The average molecular weight is 903 g/mol. The third-order valence-electron chi connectivity index (χ3n) is 11.2. The number of hydrogen-bond donors (Lipinski definition) is 2. The van der Waals surface area contributed by atoms with Gasteiger partial charge in [-0.25, -0.2) is 14.6 Å². The molecule has 63 heavy (non-hydrogen) atoms. The number of para-hydroxylation sites is 1. The number of nitrogens with zero attached hydrogens (tertiary/aromatic N) is 2. The summed E-state index contributed by atoms with van der Waals surface area (Å²) in [6.07, 6.45) is 8.41. The van der Waals surface area contributed by atoms with Crippen molar-refractivity contribution in [2.75, 3.05) is 6.54 Å². The molecule has 13 nitrogen and oxygen atoms in total. The number of carbonyl (C=O) groups is 5. The van der Waals surface area contributed by atoms with Crippen LogP contribution in [0.5, 0.6) is 0 Å². The standard InChI is InChI=1S/C48H70N4O9Si2/c1-30(2)42-32(4)22-23-39(54)49-24-18-19-31(3)25-35(61-63(14,15)48(8,9)10)27-34(53)28-40-51-41(45(58-40)62(11,12)13)43(55)50-37(44(56)59-42)26-33-29-52(46(57)60-47(5,6)7)38-21-17-16-20-36(33)38/h16-23,25,29-30,32,35,37,42H,24,26-28H2,1-15H3,(H,49,54)(H,50,55)/b19-18+,23-22+,31-25+/t32-,35-,37-,42-/m1/s1. The number of fused-ring (bicyclic) bond motifs is 3. The number of benzene rings is 1. The number of rotatable bonds is 6. The molecule has 1 aliphatic rings. The van der Waals surface area contributed by atoms with Crippen LogP contribution in [0.1, 0.15) is 97.6 Å². The highest BCUT2D eigenvalue weighted by atomic mass is 28.4. The van der Waals surface area contributed by atoms with Gasteiger partial charge in [-0.05, 0) is 69.5 Å². The van der Waals surface area contributed by atoms with E-state index in [-0.39, 0.29) is 66.0 Å². The number of cyclic esters (lactones) is 1. The number of esters is 1. The fraction of sp³-hybridized carbons (Fsp3) is 0.542. The van der Waals surface area contributed by atoms with Gasteiger partial charge in [0.05, 0.1) is 18.0 Å². The van der Waals surface area contributed by atoms with Gasteiger partial charge < -0.3 is 29.0 Å². The van der Waals surface area contributed by atoms with Gasteiger partial charge in [-0.3, -0.25) is 19.0 Å². The topological polar surface area (TPSA) is 168 Å². The molecule has 0 unspecified atom stereocenters. The Labute approximate surface area is 375 Å². The molecule has 0 aliphatic carbocycles. The number of oxazole rings is 1. The van der Waals surface area contributed by atoms with Crippen LogP contribution in [0.4, 0.5) is 4.79 Å². The predicted molar refractivity (Wildman–Crippen MR) is 252 cm³/mol. The van der Waals surface area contributed by atoms with Crippen molar-refractivity contribution in [1.82, 2.24) is 20.2 Å². The second-order valence-electron chi connectivity index (χ2n) is 20.5. The number of carbonyl (C=O) groups excluding carboxylic acids is 5. The Kier molecular flexibility index (Phi) is 16.4. The Morgan fingerprint density at radius 1 is 1.00 bits per heavy atom. The molecule has 2 amide bonds. The van der Waals surface area contributed by atoms with E-state index in [4.69, 9.17) is 18.3 Å². The van der Waals surface area contributed by atoms with Gasteiger partial charge in [-0.15, -0.1) is 0 Å². The molecule has 4 rings (SSSR count). The van der Waals surface area contributed by atoms with Crippen LogP contribution in [0, 0.1) is 11.8 Å². The monoisotopic (exact) mass is 902 g/mol. The van der Waals surface area contributed by atoms with E-state index >= 15 is 0 Å². The average Bonchev–Trinajstić information content (AvgIpc) is 3.74. The van der Waals surface area contributed by atoms with Crippen molar-refractivity contribution in [3.05, 3.63) is 83.6 Å². The minimum absolute atomic E-state index is 0.00187. The number of nitrogens with one attached hydrogen (secondary N) is 2. The van der Waals surface area contributed by atoms with Gasteiger partial charge >= 0.3 is 12.1 Å². The molecule has 2 bridgehead atoms. The van der Waals surface area contributed by atoms with Crippen LogP contribution in [-0.2, 0) is 41.1 Å². The van der Waals surface area contributed by atoms with Crippen LogP contribution >= 0.6 is 0 Å². The normalized spacial score (nSPS) is 22.8. The van der Waals surface area contributed by atoms with E-state index in [1.54, 1.807) is 45.2 Å². The molecule has 0 radical (unpaired) electrons. The minimum Gasteiger partial charge on any atom is -0.460 e. The Morgan fingerprint density at radius 3 is 2.29 bits per heavy atom. The molecule has 3 aromatic rings. The number of Topliss-reactive ketones (excluding diaryl/α,β-unsaturated/α-hetero) is 1. The van der Waals surface area contributed by atoms with Crippen molar-refractivity contribution in [3.63, 3.8) is 0 Å². The minimum atomic E-state index is -2.42. The Morgan fingerprint density at radius 2 is 1.67 bits per heavy atom. The Hall–Kier alpha value is -4.87. The van der Waals surface area contributed by atoms with Crippen molar-refractivity contribution < 1.29 is 42.3 Å². The van der Waals surface area contributed by atoms with Crippen LogP contribution in [0.15, 0.2) is 70.8 Å². The number of aromatic nitrogens is 2. The van der Waals surface area contributed by atoms with Crippen molar-refractivity contribution >= 4 is 62.3 Å². The van der Waals surface area contributed by atoms with Crippen molar-refractivity contribution in [3.8, 4) is 0 Å². The maximum Gasteiger partial charge on any atom is 0.419 e. The largest absolute Gasteiger partial charge is 0.460 e. The second-order valence-corrected chi connectivity index (χ2v) is 30.3. The van der Waals surface area contributed by atoms with Crippen molar-refractivity contribution in [1.29, 1.82) is 0 Å². The molecule has 2 N–H and O–H groups in total. The summed E-state index contributed by atoms with van der Waals surface area (Å²) in [5.74, 6) is -2.34. The van der Waals surface area contributed by atoms with E-state index in [0.29, 0.717) is 21.8 Å². The molecular formula is C48H70N4O9Si2. The molecule has 3 heterocycles. The second kappa shape index (κ2) is 20.3. The van der Waals surface area contributed by atoms with Crippen molar-refractivity contribution in [2.24, 2.45) is 11.8 Å². The molecule has 344 valence electrons. The summed E-state index contributed by atoms with van der Waals surface area (Å²) in [6, 6.07) is 5.99. The molecule has 0 saturated carbocycles. The Balaban J connectivity index is 1.83. The zero-order valence-electron chi connectivity index (χ0n) is 40.1. The van der Waals surface area contributed by atoms with Gasteiger partial charge in [-0.1, -0.05) is 109 Å². The summed E-state index contributed by atoms with van der Waals surface area (Å²) in [5.41, 5.74) is 1.26. The van der Waals surface area contributed by atoms with Gasteiger partial charge in [0.1, 0.15) is 37.0 Å². The van der Waals surface area contributed by atoms with Gasteiger partial charge in [0.2, 0.25) is 11.8 Å². The van der Waals surface area contributed by atoms with E-state index in [1.165, 1.54) is 10.6 Å². The zero-order valence-corrected chi connectivity index (χ0v) is 42.1. The van der Waals surface area contributed by atoms with Crippen molar-refractivity contribution in [2.45, 2.75) is 150 Å². The smallest absolute Gasteiger partial charge is 0.419 e. The van der Waals surface area contributed by atoms with Crippen LogP contribution in [0.3, 0.4) is 0 Å². The molecule has 0 saturated heterocycles. The van der Waals surface area contributed by atoms with Crippen LogP contribution < -0.4 is 16.0 Å². The molecule has 1 aliphatic heterocycles. The highest BCUT2D eigenvalue weighted by molar-refractivity contribution is 6.88. The first-order chi connectivity index (χ1) is 29.1. The summed E-state index contributed by atoms with van der Waals surface area (Å²) in [7, 11) is -4.76. The predicted octanol–water partition coefficient (Wildman–Crippen LogP) is 8.58. The molecule has 0 spiro atoms. The van der Waals surface area contributed by atoms with Crippen LogP contribution in [-0.4, -0.2) is 86.0 Å². The lowest BCUT2D eigenvalue weighted by Gasteiger charge is -2.38. The first-order valence-electron chi connectivity index (χ1n) is 21.9. The number of amides is 2. The number of ether oxygens (including phenoxy) is 2. The first-order valence-corrected chi connectivity index (χ1v) is 28.3. The molecule has 4 atom stereocenters. The zero-order chi connectivity index (χ0) is 47.2. The maximum atomic E-state index is 14.5. The quantitative estimate of drug-likeness (QED) is 0.181. The van der Waals surface area contributed by atoms with E-state index in [1.807, 2.05) is 77.7 Å². The molecule has 0 fully saturated rings. The number of allylic oxidation sites excluding steroid dienone is 2. The third-order valence-corrected chi connectivity index (χ3v) is 17.4. The van der Waals surface area contributed by atoms with Crippen LogP contribution in [0.2, 0.25) is 37.8 Å². The maximum absolute atomic E-state index is 14.5. The van der Waals surface area contributed by atoms with Crippen LogP contribution in [0.25, 0.3) is 10.9 Å². The fourth-order valence-electron chi connectivity index (χ4n) is 7.00. The van der Waals surface area contributed by atoms with Gasteiger partial charge in [0.25, 0.3) is 5.91 Å². The Bertz CT molecular complexity index is 2250. The van der Waals surface area contributed by atoms with E-state index in [0.717, 1.165) is 5.57 Å². The van der Waals surface area contributed by atoms with E-state index < -0.39 is 58.2 Å². The SMILES string of the molecule is CC1=C\[C@@H](O[Si](C)(C)C(C)(C)C)CC(=O)Cc2nc(c([Si](C)(C)C)o2)C(=O)N[C@H](Cc2cn(C(=O)OC(C)(C)C)c3ccccc23)C(=O)O[C@H](C(C)C)[C@H](C)/C=C/C(=O)NC\C=C\1. The summed E-state index contributed by atoms with van der Waals surface area (Å²) < 4.78 is 26.4. The number of ketones is 1. The lowest BCUT2D eigenvalue weighted by molar-refractivity contribution is -0.155. The summed E-state index contributed by atoms with van der Waals surface area (Å²) in [5, 5.41) is 6.74. The van der Waals surface area contributed by atoms with Gasteiger partial charge in [0, 0.05) is 36.9 Å². The molecule has 1 aromatic carbocycles. The number of hydrogen-bond acceptors (Lipinski definition) is 10. The molecular weight excluding hydrogens is 833 g/mol. The first kappa shape index (κ1) is 50.8. The summed E-state index contributed by atoms with van der Waals surface area (Å²) in [6.45, 7) is 29.9. The van der Waals surface area contributed by atoms with Gasteiger partial charge in [-0.2, -0.15) is 0 Å². The van der Waals surface area contributed by atoms with Gasteiger partial charge in [0.15, 0.2) is 14.0 Å². The summed E-state index contributed by atoms with van der Waals surface area (Å²) >= 11 is 0. The van der Waals surface area contributed by atoms with E-state index in [9.17, 15) is 24.0 Å². The summed E-state index contributed by atoms with van der Waals surface area (Å²) in [4.78, 5) is 73.9. The molecule has 15 heteroatoms. The highest BCUT2D eigenvalue weighted by Crippen LogP contribution is 2.38. The highest BCUT2D eigenvalue weighted by Gasteiger charge is 2.40. The molecule has 2 aromatic heterocycles. The lowest BCUT2D eigenvalue weighted by atomic mass is 9.94.